The first-order valence-electron chi connectivity index (χ1n) is 4.02. The summed E-state index contributed by atoms with van der Waals surface area (Å²) in [4.78, 5) is 21.5. The summed E-state index contributed by atoms with van der Waals surface area (Å²) >= 11 is 0. The number of rotatable bonds is 1. The van der Waals surface area contributed by atoms with Crippen LogP contribution in [0.3, 0.4) is 0 Å². The molecule has 74 valence electrons. The van der Waals surface area contributed by atoms with Gasteiger partial charge in [0.2, 0.25) is 0 Å². The van der Waals surface area contributed by atoms with Crippen LogP contribution in [0.4, 0.5) is 9.59 Å². The molecule has 0 aromatic rings. The van der Waals surface area contributed by atoms with Crippen molar-refractivity contribution in [1.29, 1.82) is 0 Å². The van der Waals surface area contributed by atoms with E-state index in [0.29, 0.717) is 6.54 Å². The normalized spacial score (nSPS) is 25.7. The van der Waals surface area contributed by atoms with Gasteiger partial charge in [0.05, 0.1) is 0 Å². The highest BCUT2D eigenvalue weighted by Gasteiger charge is 2.35. The number of hydrogen-bond acceptors (Lipinski definition) is 2. The predicted molar refractivity (Wildman–Crippen MR) is 46.8 cm³/mol. The summed E-state index contributed by atoms with van der Waals surface area (Å²) in [6, 6.07) is -0.932. The molecule has 6 heteroatoms. The van der Waals surface area contributed by atoms with Gasteiger partial charge in [-0.2, -0.15) is 0 Å². The molecule has 1 aliphatic rings. The molecule has 0 spiro atoms. The second kappa shape index (κ2) is 3.12. The summed E-state index contributed by atoms with van der Waals surface area (Å²) in [5.74, 6) is 0. The van der Waals surface area contributed by atoms with Crippen molar-refractivity contribution in [3.63, 3.8) is 0 Å². The Bertz CT molecular complexity index is 237. The van der Waals surface area contributed by atoms with Crippen molar-refractivity contribution in [3.05, 3.63) is 0 Å². The maximum Gasteiger partial charge on any atom is 0.316 e. The molecule has 0 aromatic carbocycles. The molecule has 1 fully saturated rings. The van der Waals surface area contributed by atoms with Crippen LogP contribution in [0, 0.1) is 5.41 Å². The Morgan fingerprint density at radius 3 is 2.85 bits per heavy atom. The molecule has 1 aliphatic heterocycles. The molecule has 1 unspecified atom stereocenters. The van der Waals surface area contributed by atoms with E-state index in [0.717, 1.165) is 0 Å². The summed E-state index contributed by atoms with van der Waals surface area (Å²) < 4.78 is 0. The molecule has 0 aliphatic carbocycles. The third-order valence-electron chi connectivity index (χ3n) is 2.05. The number of amides is 4. The molecular formula is C7H14N4O2. The Morgan fingerprint density at radius 1 is 1.69 bits per heavy atom. The Labute approximate surface area is 76.2 Å². The largest absolute Gasteiger partial charge is 0.352 e. The third-order valence-corrected chi connectivity index (χ3v) is 2.05. The third kappa shape index (κ3) is 2.24. The Morgan fingerprint density at radius 2 is 2.31 bits per heavy atom. The van der Waals surface area contributed by atoms with Crippen molar-refractivity contribution in [1.82, 2.24) is 16.0 Å². The van der Waals surface area contributed by atoms with Crippen LogP contribution in [-0.4, -0.2) is 24.8 Å². The monoisotopic (exact) mass is 186 g/mol. The zero-order chi connectivity index (χ0) is 10.1. The second-order valence-electron chi connectivity index (χ2n) is 3.76. The van der Waals surface area contributed by atoms with Gasteiger partial charge in [-0.25, -0.2) is 9.59 Å². The highest BCUT2D eigenvalue weighted by Crippen LogP contribution is 2.19. The van der Waals surface area contributed by atoms with Crippen molar-refractivity contribution >= 4 is 12.1 Å². The maximum absolute atomic E-state index is 10.9. The number of carbonyl (C=O) groups is 2. The number of nitrogens with one attached hydrogen (secondary N) is 3. The number of urea groups is 2. The van der Waals surface area contributed by atoms with E-state index in [1.165, 1.54) is 0 Å². The van der Waals surface area contributed by atoms with E-state index >= 15 is 0 Å². The minimum absolute atomic E-state index is 0.247. The highest BCUT2D eigenvalue weighted by molar-refractivity contribution is 5.77. The number of carbonyl (C=O) groups excluding carboxylic acids is 2. The summed E-state index contributed by atoms with van der Waals surface area (Å²) in [6.07, 6.45) is -0.418. The maximum atomic E-state index is 10.9. The first-order valence-corrected chi connectivity index (χ1v) is 4.02. The molecule has 1 rings (SSSR count). The molecular weight excluding hydrogens is 172 g/mol. The van der Waals surface area contributed by atoms with E-state index in [1.54, 1.807) is 0 Å². The molecule has 0 saturated carbocycles. The standard InChI is InChI=1S/C7H14N4O2/c1-7(2)3-9-6(13)11-4(7)10-5(8)12/h4H,3H2,1-2H3,(H3,8,10,12)(H2,9,11,13). The molecule has 0 radical (unpaired) electrons. The first-order chi connectivity index (χ1) is 5.92. The van der Waals surface area contributed by atoms with Gasteiger partial charge in [0, 0.05) is 12.0 Å². The summed E-state index contributed by atoms with van der Waals surface area (Å²) in [5, 5.41) is 7.68. The van der Waals surface area contributed by atoms with Crippen LogP contribution >= 0.6 is 0 Å². The molecule has 1 heterocycles. The van der Waals surface area contributed by atoms with Crippen LogP contribution in [0.15, 0.2) is 0 Å². The second-order valence-corrected chi connectivity index (χ2v) is 3.76. The molecule has 6 nitrogen and oxygen atoms in total. The van der Waals surface area contributed by atoms with Gasteiger partial charge in [0.1, 0.15) is 6.17 Å². The smallest absolute Gasteiger partial charge is 0.316 e. The molecule has 1 saturated heterocycles. The van der Waals surface area contributed by atoms with E-state index in [2.05, 4.69) is 16.0 Å². The predicted octanol–water partition coefficient (Wildman–Crippen LogP) is -0.680. The number of nitrogens with two attached hydrogens (primary N) is 1. The van der Waals surface area contributed by atoms with Gasteiger partial charge in [0.15, 0.2) is 0 Å². The number of primary amides is 1. The molecule has 13 heavy (non-hydrogen) atoms. The first kappa shape index (κ1) is 9.63. The average molecular weight is 186 g/mol. The lowest BCUT2D eigenvalue weighted by Gasteiger charge is -2.39. The van der Waals surface area contributed by atoms with E-state index < -0.39 is 12.2 Å². The minimum Gasteiger partial charge on any atom is -0.352 e. The summed E-state index contributed by atoms with van der Waals surface area (Å²) in [7, 11) is 0. The van der Waals surface area contributed by atoms with Crippen LogP contribution in [-0.2, 0) is 0 Å². The van der Waals surface area contributed by atoms with Gasteiger partial charge < -0.3 is 21.7 Å². The van der Waals surface area contributed by atoms with Crippen molar-refractivity contribution in [3.8, 4) is 0 Å². The van der Waals surface area contributed by atoms with Gasteiger partial charge in [-0.3, -0.25) is 0 Å². The Hall–Kier alpha value is -1.46. The van der Waals surface area contributed by atoms with Crippen LogP contribution < -0.4 is 21.7 Å². The molecule has 5 N–H and O–H groups in total. The van der Waals surface area contributed by atoms with Crippen LogP contribution in [0.1, 0.15) is 13.8 Å². The lowest BCUT2D eigenvalue weighted by molar-refractivity contribution is 0.161. The van der Waals surface area contributed by atoms with E-state index in [-0.39, 0.29) is 11.4 Å². The minimum atomic E-state index is -0.639. The van der Waals surface area contributed by atoms with Gasteiger partial charge >= 0.3 is 12.1 Å². The fraction of sp³-hybridized carbons (Fsp3) is 0.714. The van der Waals surface area contributed by atoms with Crippen LogP contribution in [0.5, 0.6) is 0 Å². The Balaban J connectivity index is 2.66. The Kier molecular flexibility index (Phi) is 2.31. The molecule has 0 aromatic heterocycles. The van der Waals surface area contributed by atoms with Crippen LogP contribution in [0.25, 0.3) is 0 Å². The fourth-order valence-electron chi connectivity index (χ4n) is 1.16. The zero-order valence-electron chi connectivity index (χ0n) is 7.68. The van der Waals surface area contributed by atoms with E-state index in [4.69, 9.17) is 5.73 Å². The van der Waals surface area contributed by atoms with Gasteiger partial charge in [-0.15, -0.1) is 0 Å². The summed E-state index contributed by atoms with van der Waals surface area (Å²) in [5.41, 5.74) is 4.72. The van der Waals surface area contributed by atoms with Crippen molar-refractivity contribution < 1.29 is 9.59 Å². The van der Waals surface area contributed by atoms with Crippen molar-refractivity contribution in [2.24, 2.45) is 11.1 Å². The average Bonchev–Trinajstić information content (AvgIpc) is 1.97. The molecule has 4 amide bonds. The fourth-order valence-corrected chi connectivity index (χ4v) is 1.16. The van der Waals surface area contributed by atoms with Gasteiger partial charge in [-0.1, -0.05) is 13.8 Å². The van der Waals surface area contributed by atoms with Gasteiger partial charge in [-0.05, 0) is 0 Å². The van der Waals surface area contributed by atoms with Crippen molar-refractivity contribution in [2.45, 2.75) is 20.0 Å². The molecule has 1 atom stereocenters. The van der Waals surface area contributed by atoms with Crippen molar-refractivity contribution in [2.75, 3.05) is 6.54 Å². The van der Waals surface area contributed by atoms with Crippen LogP contribution in [0.2, 0.25) is 0 Å². The lowest BCUT2D eigenvalue weighted by Crippen LogP contribution is -2.66. The summed E-state index contributed by atoms with van der Waals surface area (Å²) in [6.45, 7) is 4.34. The lowest BCUT2D eigenvalue weighted by atomic mass is 9.88. The van der Waals surface area contributed by atoms with Gasteiger partial charge in [0.25, 0.3) is 0 Å². The van der Waals surface area contributed by atoms with E-state index in [9.17, 15) is 9.59 Å². The zero-order valence-corrected chi connectivity index (χ0v) is 7.68. The van der Waals surface area contributed by atoms with E-state index in [1.807, 2.05) is 13.8 Å². The quantitative estimate of drug-likeness (QED) is 0.436. The highest BCUT2D eigenvalue weighted by atomic mass is 16.2. The topological polar surface area (TPSA) is 96.2 Å². The number of hydrogen-bond donors (Lipinski definition) is 4. The molecule has 0 bridgehead atoms. The SMILES string of the molecule is CC1(C)CNC(=O)NC1NC(N)=O.